The molecule has 0 fully saturated rings. The lowest BCUT2D eigenvalue weighted by atomic mass is 10.0. The zero-order valence-corrected chi connectivity index (χ0v) is 14.8. The van der Waals surface area contributed by atoms with Crippen LogP contribution in [0.2, 0.25) is 0 Å². The van der Waals surface area contributed by atoms with Gasteiger partial charge < -0.3 is 9.42 Å². The van der Waals surface area contributed by atoms with Gasteiger partial charge in [0.2, 0.25) is 5.91 Å². The Hall–Kier alpha value is -3.35. The molecule has 0 spiro atoms. The van der Waals surface area contributed by atoms with E-state index >= 15 is 0 Å². The van der Waals surface area contributed by atoms with Crippen molar-refractivity contribution in [3.63, 3.8) is 0 Å². The third kappa shape index (κ3) is 3.76. The summed E-state index contributed by atoms with van der Waals surface area (Å²) in [5.41, 5.74) is 8.44. The largest absolute Gasteiger partial charge is 0.362 e. The Balaban J connectivity index is 1.31. The van der Waals surface area contributed by atoms with Gasteiger partial charge in [-0.3, -0.25) is 20.4 Å². The topological polar surface area (TPSA) is 87.5 Å². The Kier molecular flexibility index (Phi) is 4.74. The van der Waals surface area contributed by atoms with Gasteiger partial charge in [-0.1, -0.05) is 35.5 Å². The highest BCUT2D eigenvalue weighted by Crippen LogP contribution is 2.26. The molecule has 2 heterocycles. The number of aromatic nitrogens is 1. The van der Waals surface area contributed by atoms with E-state index in [0.29, 0.717) is 11.3 Å². The van der Waals surface area contributed by atoms with Crippen LogP contribution in [-0.2, 0) is 22.4 Å². The van der Waals surface area contributed by atoms with Crippen LogP contribution in [0, 0.1) is 0 Å². The molecule has 0 radical (unpaired) electrons. The molecular weight excluding hydrogens is 344 g/mol. The first-order valence-corrected chi connectivity index (χ1v) is 8.94. The summed E-state index contributed by atoms with van der Waals surface area (Å²) in [5, 5.41) is 4.72. The zero-order chi connectivity index (χ0) is 18.6. The lowest BCUT2D eigenvalue weighted by molar-refractivity contribution is -0.127. The van der Waals surface area contributed by atoms with Crippen molar-refractivity contribution in [3.05, 3.63) is 59.8 Å². The van der Waals surface area contributed by atoms with E-state index in [1.807, 2.05) is 41.3 Å². The van der Waals surface area contributed by atoms with Gasteiger partial charge in [-0.2, -0.15) is 0 Å². The molecular formula is C20H20N4O3. The molecule has 7 nitrogen and oxygen atoms in total. The number of rotatable bonds is 4. The third-order valence-corrected chi connectivity index (χ3v) is 4.66. The summed E-state index contributed by atoms with van der Waals surface area (Å²) in [6.07, 6.45) is 2.07. The second-order valence-corrected chi connectivity index (χ2v) is 6.55. The maximum atomic E-state index is 12.2. The number of benzene rings is 2. The number of amides is 2. The normalized spacial score (nSPS) is 13.3. The first kappa shape index (κ1) is 17.1. The van der Waals surface area contributed by atoms with Gasteiger partial charge in [0.1, 0.15) is 5.69 Å². The van der Waals surface area contributed by atoms with E-state index in [0.717, 1.165) is 30.5 Å². The smallest absolute Gasteiger partial charge is 0.257 e. The standard InChI is InChI=1S/C20H20N4O3/c25-19(12-16-15-8-2-4-10-18(15)27-23-16)21-22-20(26)13-24-11-5-7-14-6-1-3-9-17(14)24/h1-4,6,8-10H,5,7,11-13H2,(H,21,25)(H,22,26). The van der Waals surface area contributed by atoms with Gasteiger partial charge in [0.05, 0.1) is 13.0 Å². The molecule has 0 saturated carbocycles. The van der Waals surface area contributed by atoms with Crippen molar-refractivity contribution < 1.29 is 14.1 Å². The van der Waals surface area contributed by atoms with Gasteiger partial charge in [0.15, 0.2) is 5.58 Å². The van der Waals surface area contributed by atoms with Crippen LogP contribution in [0.4, 0.5) is 5.69 Å². The van der Waals surface area contributed by atoms with Gasteiger partial charge in [0, 0.05) is 17.6 Å². The molecule has 0 unspecified atom stereocenters. The average molecular weight is 364 g/mol. The molecule has 0 saturated heterocycles. The molecule has 2 aromatic carbocycles. The fraction of sp³-hybridized carbons (Fsp3) is 0.250. The van der Waals surface area contributed by atoms with E-state index in [2.05, 4.69) is 22.1 Å². The summed E-state index contributed by atoms with van der Waals surface area (Å²) < 4.78 is 5.19. The predicted octanol–water partition coefficient (Wildman–Crippen LogP) is 1.97. The SMILES string of the molecule is O=C(Cc1noc2ccccc12)NNC(=O)CN1CCCc2ccccc21. The van der Waals surface area contributed by atoms with Crippen LogP contribution in [0.3, 0.4) is 0 Å². The molecule has 3 aromatic rings. The summed E-state index contributed by atoms with van der Waals surface area (Å²) in [6.45, 7) is 1.02. The number of aryl methyl sites for hydroxylation is 1. The lowest BCUT2D eigenvalue weighted by Gasteiger charge is -2.30. The van der Waals surface area contributed by atoms with E-state index in [1.165, 1.54) is 5.56 Å². The third-order valence-electron chi connectivity index (χ3n) is 4.66. The fourth-order valence-electron chi connectivity index (χ4n) is 3.39. The number of fused-ring (bicyclic) bond motifs is 2. The second kappa shape index (κ2) is 7.49. The molecule has 138 valence electrons. The Morgan fingerprint density at radius 2 is 1.81 bits per heavy atom. The maximum Gasteiger partial charge on any atom is 0.257 e. The van der Waals surface area contributed by atoms with E-state index in [9.17, 15) is 9.59 Å². The molecule has 4 rings (SSSR count). The summed E-state index contributed by atoms with van der Waals surface area (Å²) in [4.78, 5) is 26.4. The van der Waals surface area contributed by atoms with Crippen LogP contribution in [0.5, 0.6) is 0 Å². The average Bonchev–Trinajstić information content (AvgIpc) is 3.10. The van der Waals surface area contributed by atoms with Crippen molar-refractivity contribution in [1.82, 2.24) is 16.0 Å². The molecule has 0 bridgehead atoms. The van der Waals surface area contributed by atoms with Crippen LogP contribution in [0.25, 0.3) is 11.0 Å². The van der Waals surface area contributed by atoms with E-state index < -0.39 is 0 Å². The summed E-state index contributed by atoms with van der Waals surface area (Å²) in [7, 11) is 0. The number of para-hydroxylation sites is 2. The highest BCUT2D eigenvalue weighted by Gasteiger charge is 2.19. The minimum Gasteiger partial charge on any atom is -0.362 e. The highest BCUT2D eigenvalue weighted by molar-refractivity contribution is 5.88. The zero-order valence-electron chi connectivity index (χ0n) is 14.8. The summed E-state index contributed by atoms with van der Waals surface area (Å²) >= 11 is 0. The molecule has 0 aliphatic carbocycles. The first-order chi connectivity index (χ1) is 13.2. The number of carbonyl (C=O) groups excluding carboxylic acids is 2. The second-order valence-electron chi connectivity index (χ2n) is 6.55. The van der Waals surface area contributed by atoms with Crippen LogP contribution < -0.4 is 15.8 Å². The number of nitrogens with one attached hydrogen (secondary N) is 2. The van der Waals surface area contributed by atoms with Crippen molar-refractivity contribution in [1.29, 1.82) is 0 Å². The minimum atomic E-state index is -0.346. The number of hydrazine groups is 1. The van der Waals surface area contributed by atoms with Crippen molar-refractivity contribution in [2.75, 3.05) is 18.0 Å². The fourth-order valence-corrected chi connectivity index (χ4v) is 3.39. The van der Waals surface area contributed by atoms with Gasteiger partial charge in [0.25, 0.3) is 5.91 Å². The number of anilines is 1. The highest BCUT2D eigenvalue weighted by atomic mass is 16.5. The predicted molar refractivity (Wildman–Crippen MR) is 101 cm³/mol. The van der Waals surface area contributed by atoms with Gasteiger partial charge >= 0.3 is 0 Å². The van der Waals surface area contributed by atoms with Gasteiger partial charge in [-0.25, -0.2) is 0 Å². The maximum absolute atomic E-state index is 12.2. The summed E-state index contributed by atoms with van der Waals surface area (Å²) in [5.74, 6) is -0.605. The van der Waals surface area contributed by atoms with Crippen LogP contribution in [0.15, 0.2) is 53.1 Å². The molecule has 1 aromatic heterocycles. The minimum absolute atomic E-state index is 0.0316. The van der Waals surface area contributed by atoms with Crippen molar-refractivity contribution in [2.45, 2.75) is 19.3 Å². The van der Waals surface area contributed by atoms with Crippen LogP contribution in [0.1, 0.15) is 17.7 Å². The van der Waals surface area contributed by atoms with Crippen LogP contribution >= 0.6 is 0 Å². The number of nitrogens with zero attached hydrogens (tertiary/aromatic N) is 2. The summed E-state index contributed by atoms with van der Waals surface area (Å²) in [6, 6.07) is 15.4. The van der Waals surface area contributed by atoms with E-state index in [1.54, 1.807) is 6.07 Å². The van der Waals surface area contributed by atoms with Gasteiger partial charge in [-0.05, 0) is 36.6 Å². The Morgan fingerprint density at radius 1 is 1.04 bits per heavy atom. The molecule has 2 N–H and O–H groups in total. The molecule has 0 atom stereocenters. The van der Waals surface area contributed by atoms with Gasteiger partial charge in [-0.15, -0.1) is 0 Å². The molecule has 7 heteroatoms. The quantitative estimate of drug-likeness (QED) is 0.691. The van der Waals surface area contributed by atoms with E-state index in [4.69, 9.17) is 4.52 Å². The number of hydrogen-bond acceptors (Lipinski definition) is 5. The molecule has 1 aliphatic heterocycles. The van der Waals surface area contributed by atoms with Crippen LogP contribution in [-0.4, -0.2) is 30.1 Å². The first-order valence-electron chi connectivity index (χ1n) is 8.94. The Bertz CT molecular complexity index is 982. The molecule has 27 heavy (non-hydrogen) atoms. The molecule has 2 amide bonds. The van der Waals surface area contributed by atoms with Crippen molar-refractivity contribution in [3.8, 4) is 0 Å². The number of hydrogen-bond donors (Lipinski definition) is 2. The van der Waals surface area contributed by atoms with E-state index in [-0.39, 0.29) is 24.8 Å². The Labute approximate surface area is 156 Å². The molecule has 1 aliphatic rings. The van der Waals surface area contributed by atoms with Crippen molar-refractivity contribution in [2.24, 2.45) is 0 Å². The monoisotopic (exact) mass is 364 g/mol. The Morgan fingerprint density at radius 3 is 2.74 bits per heavy atom. The number of carbonyl (C=O) groups is 2. The lowest BCUT2D eigenvalue weighted by Crippen LogP contribution is -2.47. The van der Waals surface area contributed by atoms with Crippen molar-refractivity contribution >= 4 is 28.5 Å².